The number of nitrogens with one attached hydrogen (secondary N) is 1. The number of hydrogen-bond donors (Lipinski definition) is 1. The zero-order chi connectivity index (χ0) is 13.8. The molecule has 2 heterocycles. The molecule has 0 spiro atoms. The van der Waals surface area contributed by atoms with Crippen molar-refractivity contribution in [3.05, 3.63) is 42.2 Å². The van der Waals surface area contributed by atoms with Crippen LogP contribution < -0.4 is 5.32 Å². The predicted molar refractivity (Wildman–Crippen MR) is 83.7 cm³/mol. The molecule has 0 bridgehead atoms. The number of hydrogen-bond acceptors (Lipinski definition) is 3. The van der Waals surface area contributed by atoms with E-state index in [4.69, 9.17) is 0 Å². The summed E-state index contributed by atoms with van der Waals surface area (Å²) in [5, 5.41) is 6.20. The van der Waals surface area contributed by atoms with Crippen molar-refractivity contribution in [2.75, 3.05) is 19.6 Å². The van der Waals surface area contributed by atoms with Crippen LogP contribution >= 0.6 is 0 Å². The third-order valence-corrected chi connectivity index (χ3v) is 4.33. The quantitative estimate of drug-likeness (QED) is 0.925. The standard InChI is InChI=1S/C17H23N3/c1-2-20-9-6-17(7-10-20)19-12-14-3-4-16-13-18-8-5-15(16)11-14/h3-5,8,11,13,17,19H,2,6-7,9-10,12H2,1H3. The van der Waals surface area contributed by atoms with Crippen molar-refractivity contribution in [2.24, 2.45) is 0 Å². The van der Waals surface area contributed by atoms with E-state index in [-0.39, 0.29) is 0 Å². The zero-order valence-electron chi connectivity index (χ0n) is 12.2. The van der Waals surface area contributed by atoms with Crippen LogP contribution in [-0.2, 0) is 6.54 Å². The molecule has 1 fully saturated rings. The zero-order valence-corrected chi connectivity index (χ0v) is 12.2. The van der Waals surface area contributed by atoms with Crippen LogP contribution in [0.25, 0.3) is 10.8 Å². The van der Waals surface area contributed by atoms with E-state index in [0.29, 0.717) is 6.04 Å². The molecule has 3 heteroatoms. The van der Waals surface area contributed by atoms with E-state index in [1.165, 1.54) is 48.8 Å². The molecular weight excluding hydrogens is 246 g/mol. The summed E-state index contributed by atoms with van der Waals surface area (Å²) in [6.07, 6.45) is 6.32. The molecule has 1 saturated heterocycles. The van der Waals surface area contributed by atoms with Gasteiger partial charge in [-0.15, -0.1) is 0 Å². The summed E-state index contributed by atoms with van der Waals surface area (Å²) in [4.78, 5) is 6.69. The first-order valence-electron chi connectivity index (χ1n) is 7.63. The minimum absolute atomic E-state index is 0.672. The molecule has 3 nitrogen and oxygen atoms in total. The van der Waals surface area contributed by atoms with Gasteiger partial charge >= 0.3 is 0 Å². The smallest absolute Gasteiger partial charge is 0.0346 e. The Morgan fingerprint density at radius 3 is 2.85 bits per heavy atom. The SMILES string of the molecule is CCN1CCC(NCc2ccc3cnccc3c2)CC1. The third-order valence-electron chi connectivity index (χ3n) is 4.33. The molecule has 3 rings (SSSR count). The van der Waals surface area contributed by atoms with E-state index in [1.54, 1.807) is 0 Å². The Balaban J connectivity index is 1.57. The van der Waals surface area contributed by atoms with Crippen LogP contribution in [0.1, 0.15) is 25.3 Å². The summed E-state index contributed by atoms with van der Waals surface area (Å²) in [7, 11) is 0. The minimum Gasteiger partial charge on any atom is -0.310 e. The molecule has 1 N–H and O–H groups in total. The van der Waals surface area contributed by atoms with Crippen LogP contribution in [0, 0.1) is 0 Å². The van der Waals surface area contributed by atoms with Gasteiger partial charge in [0.2, 0.25) is 0 Å². The monoisotopic (exact) mass is 269 g/mol. The van der Waals surface area contributed by atoms with Gasteiger partial charge in [0, 0.05) is 30.4 Å². The van der Waals surface area contributed by atoms with Crippen LogP contribution in [-0.4, -0.2) is 35.6 Å². The summed E-state index contributed by atoms with van der Waals surface area (Å²) in [5.74, 6) is 0. The Hall–Kier alpha value is -1.45. The maximum atomic E-state index is 4.16. The number of likely N-dealkylation sites (tertiary alicyclic amines) is 1. The second-order valence-corrected chi connectivity index (χ2v) is 5.65. The van der Waals surface area contributed by atoms with E-state index in [0.717, 1.165) is 6.54 Å². The van der Waals surface area contributed by atoms with Gasteiger partial charge in [-0.25, -0.2) is 0 Å². The first kappa shape index (κ1) is 13.5. The van der Waals surface area contributed by atoms with Crippen molar-refractivity contribution >= 4 is 10.8 Å². The van der Waals surface area contributed by atoms with Crippen LogP contribution in [0.3, 0.4) is 0 Å². The van der Waals surface area contributed by atoms with Crippen LogP contribution in [0.2, 0.25) is 0 Å². The molecule has 20 heavy (non-hydrogen) atoms. The van der Waals surface area contributed by atoms with Gasteiger partial charge in [0.1, 0.15) is 0 Å². The maximum Gasteiger partial charge on any atom is 0.0346 e. The summed E-state index contributed by atoms with van der Waals surface area (Å²) >= 11 is 0. The average Bonchev–Trinajstić information content (AvgIpc) is 2.53. The van der Waals surface area contributed by atoms with Gasteiger partial charge in [0.15, 0.2) is 0 Å². The lowest BCUT2D eigenvalue weighted by molar-refractivity contribution is 0.206. The van der Waals surface area contributed by atoms with E-state index in [2.05, 4.69) is 46.4 Å². The highest BCUT2D eigenvalue weighted by molar-refractivity contribution is 5.81. The maximum absolute atomic E-state index is 4.16. The Kier molecular flexibility index (Phi) is 4.28. The summed E-state index contributed by atoms with van der Waals surface area (Å²) in [5.41, 5.74) is 1.36. The highest BCUT2D eigenvalue weighted by Crippen LogP contribution is 2.15. The second-order valence-electron chi connectivity index (χ2n) is 5.65. The lowest BCUT2D eigenvalue weighted by Gasteiger charge is -2.31. The van der Waals surface area contributed by atoms with Crippen molar-refractivity contribution in [1.82, 2.24) is 15.2 Å². The molecule has 1 aliphatic heterocycles. The van der Waals surface area contributed by atoms with Gasteiger partial charge in [-0.2, -0.15) is 0 Å². The van der Waals surface area contributed by atoms with Crippen LogP contribution in [0.5, 0.6) is 0 Å². The molecule has 1 aliphatic rings. The molecule has 1 aromatic heterocycles. The predicted octanol–water partition coefficient (Wildman–Crippen LogP) is 2.81. The molecule has 0 radical (unpaired) electrons. The van der Waals surface area contributed by atoms with Crippen molar-refractivity contribution in [3.8, 4) is 0 Å². The fraction of sp³-hybridized carbons (Fsp3) is 0.471. The molecule has 0 saturated carbocycles. The van der Waals surface area contributed by atoms with E-state index in [1.807, 2.05) is 12.4 Å². The Bertz CT molecular complexity index is 559. The number of piperidine rings is 1. The number of rotatable bonds is 4. The third kappa shape index (κ3) is 3.17. The van der Waals surface area contributed by atoms with Gasteiger partial charge in [-0.05, 0) is 55.6 Å². The lowest BCUT2D eigenvalue weighted by Crippen LogP contribution is -2.42. The second kappa shape index (κ2) is 6.33. The molecular formula is C17H23N3. The fourth-order valence-corrected chi connectivity index (χ4v) is 2.96. The number of benzene rings is 1. The van der Waals surface area contributed by atoms with Crippen molar-refractivity contribution in [1.29, 1.82) is 0 Å². The van der Waals surface area contributed by atoms with E-state index >= 15 is 0 Å². The average molecular weight is 269 g/mol. The van der Waals surface area contributed by atoms with Gasteiger partial charge in [0.05, 0.1) is 0 Å². The van der Waals surface area contributed by atoms with Gasteiger partial charge in [-0.3, -0.25) is 4.98 Å². The lowest BCUT2D eigenvalue weighted by atomic mass is 10.0. The number of aromatic nitrogens is 1. The van der Waals surface area contributed by atoms with Crippen molar-refractivity contribution in [3.63, 3.8) is 0 Å². The highest BCUT2D eigenvalue weighted by atomic mass is 15.1. The highest BCUT2D eigenvalue weighted by Gasteiger charge is 2.17. The Morgan fingerprint density at radius 2 is 2.05 bits per heavy atom. The molecule has 0 unspecified atom stereocenters. The number of nitrogens with zero attached hydrogens (tertiary/aromatic N) is 2. The fourth-order valence-electron chi connectivity index (χ4n) is 2.96. The Labute approximate surface area is 121 Å². The van der Waals surface area contributed by atoms with Crippen LogP contribution in [0.15, 0.2) is 36.7 Å². The van der Waals surface area contributed by atoms with Gasteiger partial charge in [-0.1, -0.05) is 19.1 Å². The Morgan fingerprint density at radius 1 is 1.20 bits per heavy atom. The topological polar surface area (TPSA) is 28.2 Å². The molecule has 2 aromatic rings. The molecule has 106 valence electrons. The van der Waals surface area contributed by atoms with E-state index in [9.17, 15) is 0 Å². The minimum atomic E-state index is 0.672. The summed E-state index contributed by atoms with van der Waals surface area (Å²) in [6.45, 7) is 6.87. The number of fused-ring (bicyclic) bond motifs is 1. The molecule has 0 amide bonds. The van der Waals surface area contributed by atoms with Gasteiger partial charge < -0.3 is 10.2 Å². The summed E-state index contributed by atoms with van der Waals surface area (Å²) in [6, 6.07) is 9.40. The first-order valence-corrected chi connectivity index (χ1v) is 7.63. The molecule has 0 aliphatic carbocycles. The largest absolute Gasteiger partial charge is 0.310 e. The summed E-state index contributed by atoms with van der Waals surface area (Å²) < 4.78 is 0. The van der Waals surface area contributed by atoms with Gasteiger partial charge in [0.25, 0.3) is 0 Å². The number of pyridine rings is 1. The van der Waals surface area contributed by atoms with Crippen molar-refractivity contribution in [2.45, 2.75) is 32.4 Å². The van der Waals surface area contributed by atoms with E-state index < -0.39 is 0 Å². The molecule has 0 atom stereocenters. The van der Waals surface area contributed by atoms with Crippen LogP contribution in [0.4, 0.5) is 0 Å². The molecule has 1 aromatic carbocycles. The van der Waals surface area contributed by atoms with Crippen molar-refractivity contribution < 1.29 is 0 Å². The first-order chi connectivity index (χ1) is 9.85. The normalized spacial score (nSPS) is 17.6.